The zero-order chi connectivity index (χ0) is 19.3. The molecule has 0 unspecified atom stereocenters. The molecule has 4 rings (SSSR count). The smallest absolute Gasteiger partial charge is 0.173 e. The third-order valence-electron chi connectivity index (χ3n) is 4.80. The van der Waals surface area contributed by atoms with E-state index in [9.17, 15) is 9.18 Å². The molecule has 0 saturated carbocycles. The molecule has 0 bridgehead atoms. The van der Waals surface area contributed by atoms with Crippen LogP contribution in [-0.4, -0.2) is 33.8 Å². The third-order valence-corrected chi connectivity index (χ3v) is 5.79. The highest BCUT2D eigenvalue weighted by Crippen LogP contribution is 2.28. The van der Waals surface area contributed by atoms with Gasteiger partial charge in [-0.3, -0.25) is 4.79 Å². The fourth-order valence-electron chi connectivity index (χ4n) is 3.33. The normalized spacial score (nSPS) is 16.4. The predicted octanol–water partition coefficient (Wildman–Crippen LogP) is 4.84. The molecular weight excluding hydrogens is 375 g/mol. The number of carbonyl (C=O) groups excluding carboxylic acids is 1. The summed E-state index contributed by atoms with van der Waals surface area (Å²) in [6.07, 6.45) is 4.13. The molecule has 1 saturated heterocycles. The lowest BCUT2D eigenvalue weighted by molar-refractivity contribution is 0.0954. The minimum absolute atomic E-state index is 0.0436. The van der Waals surface area contributed by atoms with Crippen molar-refractivity contribution in [3.05, 3.63) is 72.2 Å². The van der Waals surface area contributed by atoms with Crippen LogP contribution in [0.25, 0.3) is 11.3 Å². The SMILES string of the molecule is O=C(CSc1ncc(-c2ccccc2)n1C[C@H]1CCCO1)c1ccc(F)cc1. The van der Waals surface area contributed by atoms with Crippen LogP contribution < -0.4 is 0 Å². The molecule has 1 aliphatic rings. The average molecular weight is 396 g/mol. The Kier molecular flexibility index (Phi) is 5.88. The summed E-state index contributed by atoms with van der Waals surface area (Å²) in [5.74, 6) is -0.135. The summed E-state index contributed by atoms with van der Waals surface area (Å²) >= 11 is 1.41. The van der Waals surface area contributed by atoms with Crippen LogP contribution in [0.4, 0.5) is 4.39 Å². The van der Waals surface area contributed by atoms with Crippen LogP contribution in [0.2, 0.25) is 0 Å². The molecule has 2 aromatic carbocycles. The summed E-state index contributed by atoms with van der Waals surface area (Å²) in [6, 6.07) is 15.8. The molecule has 0 spiro atoms. The van der Waals surface area contributed by atoms with Gasteiger partial charge in [0.15, 0.2) is 10.9 Å². The lowest BCUT2D eigenvalue weighted by Gasteiger charge is -2.16. The summed E-state index contributed by atoms with van der Waals surface area (Å²) in [4.78, 5) is 17.0. The number of aromatic nitrogens is 2. The standard InChI is InChI=1S/C22H21FN2O2S/c23-18-10-8-17(9-11-18)21(26)15-28-22-24-13-20(16-5-2-1-3-6-16)25(22)14-19-7-4-12-27-19/h1-3,5-6,8-11,13,19H,4,7,12,14-15H2/t19-/m1/s1. The number of carbonyl (C=O) groups is 1. The van der Waals surface area contributed by atoms with Crippen molar-refractivity contribution in [2.75, 3.05) is 12.4 Å². The Morgan fingerprint density at radius 3 is 2.68 bits per heavy atom. The van der Waals surface area contributed by atoms with Crippen LogP contribution in [-0.2, 0) is 11.3 Å². The minimum atomic E-state index is -0.344. The molecule has 144 valence electrons. The van der Waals surface area contributed by atoms with E-state index in [1.54, 1.807) is 0 Å². The van der Waals surface area contributed by atoms with Gasteiger partial charge in [-0.15, -0.1) is 0 Å². The number of Topliss-reactive ketones (excluding diaryl/α,β-unsaturated/α-hetero) is 1. The molecule has 28 heavy (non-hydrogen) atoms. The second kappa shape index (κ2) is 8.71. The van der Waals surface area contributed by atoms with Gasteiger partial charge in [0, 0.05) is 12.2 Å². The highest BCUT2D eigenvalue weighted by Gasteiger charge is 2.21. The molecule has 0 N–H and O–H groups in total. The van der Waals surface area contributed by atoms with Gasteiger partial charge in [-0.05, 0) is 42.7 Å². The van der Waals surface area contributed by atoms with E-state index in [1.807, 2.05) is 24.4 Å². The van der Waals surface area contributed by atoms with Crippen molar-refractivity contribution in [1.29, 1.82) is 0 Å². The molecule has 0 aliphatic carbocycles. The Hall–Kier alpha value is -2.44. The Labute approximate surface area is 167 Å². The van der Waals surface area contributed by atoms with Crippen molar-refractivity contribution < 1.29 is 13.9 Å². The summed E-state index contributed by atoms with van der Waals surface area (Å²) in [6.45, 7) is 1.52. The highest BCUT2D eigenvalue weighted by atomic mass is 32.2. The molecular formula is C22H21FN2O2S. The Balaban J connectivity index is 1.54. The molecule has 1 fully saturated rings. The maximum absolute atomic E-state index is 13.1. The average Bonchev–Trinajstić information content (AvgIpc) is 3.38. The maximum Gasteiger partial charge on any atom is 0.173 e. The largest absolute Gasteiger partial charge is 0.376 e. The summed E-state index contributed by atoms with van der Waals surface area (Å²) in [7, 11) is 0. The zero-order valence-electron chi connectivity index (χ0n) is 15.4. The first-order valence-electron chi connectivity index (χ1n) is 9.35. The number of halogens is 1. The third kappa shape index (κ3) is 4.34. The van der Waals surface area contributed by atoms with Gasteiger partial charge in [0.25, 0.3) is 0 Å². The lowest BCUT2D eigenvalue weighted by atomic mass is 10.1. The molecule has 6 heteroatoms. The van der Waals surface area contributed by atoms with Gasteiger partial charge < -0.3 is 9.30 Å². The Bertz CT molecular complexity index is 935. The first-order chi connectivity index (χ1) is 13.7. The number of imidazole rings is 1. The van der Waals surface area contributed by atoms with Crippen LogP contribution in [0, 0.1) is 5.82 Å². The molecule has 2 heterocycles. The number of thioether (sulfide) groups is 1. The van der Waals surface area contributed by atoms with Crippen molar-refractivity contribution >= 4 is 17.5 Å². The predicted molar refractivity (Wildman–Crippen MR) is 108 cm³/mol. The van der Waals surface area contributed by atoms with Crippen LogP contribution in [0.3, 0.4) is 0 Å². The molecule has 1 atom stereocenters. The van der Waals surface area contributed by atoms with E-state index in [0.29, 0.717) is 5.56 Å². The van der Waals surface area contributed by atoms with Crippen molar-refractivity contribution in [3.8, 4) is 11.3 Å². The van der Waals surface area contributed by atoms with Gasteiger partial charge in [-0.25, -0.2) is 9.37 Å². The fourth-order valence-corrected chi connectivity index (χ4v) is 4.21. The van der Waals surface area contributed by atoms with Gasteiger partial charge in [-0.2, -0.15) is 0 Å². The van der Waals surface area contributed by atoms with Crippen LogP contribution in [0.5, 0.6) is 0 Å². The second-order valence-electron chi connectivity index (χ2n) is 6.76. The maximum atomic E-state index is 13.1. The number of hydrogen-bond acceptors (Lipinski definition) is 4. The Morgan fingerprint density at radius 2 is 1.96 bits per heavy atom. The quantitative estimate of drug-likeness (QED) is 0.423. The molecule has 1 aromatic heterocycles. The van der Waals surface area contributed by atoms with Crippen LogP contribution in [0.15, 0.2) is 66.0 Å². The number of hydrogen-bond donors (Lipinski definition) is 0. The van der Waals surface area contributed by atoms with Crippen molar-refractivity contribution in [2.45, 2.75) is 30.6 Å². The van der Waals surface area contributed by atoms with Gasteiger partial charge in [0.05, 0.1) is 30.3 Å². The topological polar surface area (TPSA) is 44.1 Å². The van der Waals surface area contributed by atoms with Gasteiger partial charge in [-0.1, -0.05) is 42.1 Å². The number of rotatable bonds is 7. The first-order valence-corrected chi connectivity index (χ1v) is 10.3. The van der Waals surface area contributed by atoms with Gasteiger partial charge in [0.1, 0.15) is 5.82 Å². The second-order valence-corrected chi connectivity index (χ2v) is 7.70. The van der Waals surface area contributed by atoms with Crippen molar-refractivity contribution in [1.82, 2.24) is 9.55 Å². The van der Waals surface area contributed by atoms with Gasteiger partial charge in [0.2, 0.25) is 0 Å². The first kappa shape index (κ1) is 18.9. The van der Waals surface area contributed by atoms with Crippen molar-refractivity contribution in [2.24, 2.45) is 0 Å². The molecule has 1 aliphatic heterocycles. The lowest BCUT2D eigenvalue weighted by Crippen LogP contribution is -2.17. The minimum Gasteiger partial charge on any atom is -0.376 e. The van der Waals surface area contributed by atoms with Gasteiger partial charge >= 0.3 is 0 Å². The van der Waals surface area contributed by atoms with E-state index in [-0.39, 0.29) is 23.5 Å². The summed E-state index contributed by atoms with van der Waals surface area (Å²) in [5, 5.41) is 0.796. The van der Waals surface area contributed by atoms with E-state index >= 15 is 0 Å². The molecule has 0 amide bonds. The van der Waals surface area contributed by atoms with Crippen LogP contribution >= 0.6 is 11.8 Å². The number of nitrogens with zero attached hydrogens (tertiary/aromatic N) is 2. The number of benzene rings is 2. The van der Waals surface area contributed by atoms with E-state index in [4.69, 9.17) is 4.74 Å². The highest BCUT2D eigenvalue weighted by molar-refractivity contribution is 7.99. The molecule has 0 radical (unpaired) electrons. The number of ether oxygens (including phenoxy) is 1. The molecule has 4 nitrogen and oxygen atoms in total. The van der Waals surface area contributed by atoms with E-state index in [1.165, 1.54) is 36.0 Å². The van der Waals surface area contributed by atoms with E-state index in [0.717, 1.165) is 42.4 Å². The number of ketones is 1. The zero-order valence-corrected chi connectivity index (χ0v) is 16.2. The van der Waals surface area contributed by atoms with Crippen molar-refractivity contribution in [3.63, 3.8) is 0 Å². The summed E-state index contributed by atoms with van der Waals surface area (Å²) in [5.41, 5.74) is 2.62. The molecule has 3 aromatic rings. The van der Waals surface area contributed by atoms with E-state index < -0.39 is 0 Å². The van der Waals surface area contributed by atoms with Crippen LogP contribution in [0.1, 0.15) is 23.2 Å². The fraction of sp³-hybridized carbons (Fsp3) is 0.273. The monoisotopic (exact) mass is 396 g/mol. The Morgan fingerprint density at radius 1 is 1.18 bits per heavy atom. The summed E-state index contributed by atoms with van der Waals surface area (Å²) < 4.78 is 21.0. The van der Waals surface area contributed by atoms with E-state index in [2.05, 4.69) is 21.7 Å².